The minimum Gasteiger partial charge on any atom is -0.383 e. The largest absolute Gasteiger partial charge is 0.383 e. The first kappa shape index (κ1) is 21.7. The molecule has 2 amide bonds. The number of anilines is 1. The van der Waals surface area contributed by atoms with Gasteiger partial charge in [0.1, 0.15) is 0 Å². The minimum atomic E-state index is -0.169. The van der Waals surface area contributed by atoms with Gasteiger partial charge in [0, 0.05) is 37.3 Å². The Balaban J connectivity index is 0.00000484. The average Bonchev–Trinajstić information content (AvgIpc) is 2.48. The van der Waals surface area contributed by atoms with Crippen LogP contribution in [0.1, 0.15) is 12.0 Å². The van der Waals surface area contributed by atoms with Gasteiger partial charge in [0.15, 0.2) is 0 Å². The highest BCUT2D eigenvalue weighted by Crippen LogP contribution is 2.22. The number of carbonyl (C=O) groups is 2. The minimum absolute atomic E-state index is 0. The van der Waals surface area contributed by atoms with Crippen molar-refractivity contribution in [3.63, 3.8) is 0 Å². The second-order valence-electron chi connectivity index (χ2n) is 4.73. The third-order valence-corrected chi connectivity index (χ3v) is 3.39. The summed E-state index contributed by atoms with van der Waals surface area (Å²) in [6.45, 7) is 3.49. The van der Waals surface area contributed by atoms with Gasteiger partial charge in [-0.15, -0.1) is 12.4 Å². The summed E-state index contributed by atoms with van der Waals surface area (Å²) >= 11 is 5.99. The summed E-state index contributed by atoms with van der Waals surface area (Å²) in [7, 11) is 1.60. The molecule has 1 aromatic rings. The predicted molar refractivity (Wildman–Crippen MR) is 94.4 cm³/mol. The summed E-state index contributed by atoms with van der Waals surface area (Å²) in [6, 6.07) is 5.33. The van der Waals surface area contributed by atoms with Crippen LogP contribution >= 0.6 is 24.0 Å². The van der Waals surface area contributed by atoms with E-state index in [9.17, 15) is 9.59 Å². The van der Waals surface area contributed by atoms with Gasteiger partial charge in [0.05, 0.1) is 13.2 Å². The Hall–Kier alpha value is -1.34. The van der Waals surface area contributed by atoms with Crippen molar-refractivity contribution < 1.29 is 14.3 Å². The number of carbonyl (C=O) groups excluding carboxylic acids is 2. The van der Waals surface area contributed by atoms with Crippen LogP contribution in [0.4, 0.5) is 5.69 Å². The van der Waals surface area contributed by atoms with E-state index in [2.05, 4.69) is 16.0 Å². The average molecular weight is 364 g/mol. The second-order valence-corrected chi connectivity index (χ2v) is 5.14. The summed E-state index contributed by atoms with van der Waals surface area (Å²) in [5.74, 6) is -0.319. The zero-order valence-electron chi connectivity index (χ0n) is 13.3. The fourth-order valence-corrected chi connectivity index (χ4v) is 1.88. The van der Waals surface area contributed by atoms with Crippen molar-refractivity contribution in [2.45, 2.75) is 13.3 Å². The molecule has 130 valence electrons. The maximum atomic E-state index is 11.8. The molecule has 0 atom stereocenters. The van der Waals surface area contributed by atoms with E-state index in [1.54, 1.807) is 25.3 Å². The van der Waals surface area contributed by atoms with E-state index in [1.807, 2.05) is 6.92 Å². The maximum absolute atomic E-state index is 11.8. The number of rotatable bonds is 9. The van der Waals surface area contributed by atoms with Crippen LogP contribution in [-0.4, -0.2) is 45.2 Å². The Morgan fingerprint density at radius 2 is 1.96 bits per heavy atom. The normalized spacial score (nSPS) is 9.87. The van der Waals surface area contributed by atoms with Crippen molar-refractivity contribution in [3.8, 4) is 0 Å². The van der Waals surface area contributed by atoms with Crippen molar-refractivity contribution in [1.29, 1.82) is 0 Å². The molecule has 8 heteroatoms. The fraction of sp³-hybridized carbons (Fsp3) is 0.467. The van der Waals surface area contributed by atoms with Crippen LogP contribution in [0.15, 0.2) is 18.2 Å². The van der Waals surface area contributed by atoms with Crippen LogP contribution in [-0.2, 0) is 14.3 Å². The SMILES string of the molecule is COCCNCC(=O)NCCC(=O)Nc1cccc(Cl)c1C.Cl. The van der Waals surface area contributed by atoms with E-state index in [4.69, 9.17) is 16.3 Å². The number of benzene rings is 1. The molecule has 0 spiro atoms. The molecule has 0 aliphatic rings. The lowest BCUT2D eigenvalue weighted by atomic mass is 10.2. The molecule has 0 aliphatic carbocycles. The van der Waals surface area contributed by atoms with E-state index in [1.165, 1.54) is 0 Å². The van der Waals surface area contributed by atoms with Gasteiger partial charge in [-0.2, -0.15) is 0 Å². The Morgan fingerprint density at radius 3 is 2.65 bits per heavy atom. The van der Waals surface area contributed by atoms with Crippen LogP contribution in [0.5, 0.6) is 0 Å². The number of methoxy groups -OCH3 is 1. The summed E-state index contributed by atoms with van der Waals surface area (Å²) in [5.41, 5.74) is 1.51. The number of hydrogen-bond donors (Lipinski definition) is 3. The van der Waals surface area contributed by atoms with Gasteiger partial charge in [0.2, 0.25) is 11.8 Å². The van der Waals surface area contributed by atoms with Crippen molar-refractivity contribution in [2.75, 3.05) is 38.7 Å². The van der Waals surface area contributed by atoms with Gasteiger partial charge in [-0.05, 0) is 24.6 Å². The van der Waals surface area contributed by atoms with Crippen LogP contribution in [0.25, 0.3) is 0 Å². The van der Waals surface area contributed by atoms with Crippen LogP contribution in [0, 0.1) is 6.92 Å². The maximum Gasteiger partial charge on any atom is 0.233 e. The summed E-state index contributed by atoms with van der Waals surface area (Å²) < 4.78 is 4.85. The predicted octanol–water partition coefficient (Wildman–Crippen LogP) is 1.75. The van der Waals surface area contributed by atoms with E-state index in [0.29, 0.717) is 23.9 Å². The van der Waals surface area contributed by atoms with Crippen molar-refractivity contribution in [2.24, 2.45) is 0 Å². The van der Waals surface area contributed by atoms with Gasteiger partial charge < -0.3 is 20.7 Å². The lowest BCUT2D eigenvalue weighted by Gasteiger charge is -2.10. The molecule has 1 rings (SSSR count). The molecule has 0 saturated carbocycles. The Morgan fingerprint density at radius 1 is 1.22 bits per heavy atom. The van der Waals surface area contributed by atoms with Gasteiger partial charge in [-0.1, -0.05) is 17.7 Å². The molecule has 0 fully saturated rings. The molecule has 0 radical (unpaired) electrons. The molecule has 0 saturated heterocycles. The standard InChI is InChI=1S/C15H22ClN3O3.ClH/c1-11-12(16)4-3-5-13(11)19-14(20)6-7-18-15(21)10-17-8-9-22-2;/h3-5,17H,6-10H2,1-2H3,(H,18,21)(H,19,20);1H. The van der Waals surface area contributed by atoms with E-state index in [-0.39, 0.29) is 43.7 Å². The van der Waals surface area contributed by atoms with Gasteiger partial charge in [-0.3, -0.25) is 9.59 Å². The molecular weight excluding hydrogens is 341 g/mol. The first-order valence-electron chi connectivity index (χ1n) is 7.06. The van der Waals surface area contributed by atoms with Crippen molar-refractivity contribution in [3.05, 3.63) is 28.8 Å². The topological polar surface area (TPSA) is 79.5 Å². The number of hydrogen-bond acceptors (Lipinski definition) is 4. The van der Waals surface area contributed by atoms with Crippen LogP contribution in [0.2, 0.25) is 5.02 Å². The van der Waals surface area contributed by atoms with E-state index >= 15 is 0 Å². The Kier molecular flexibility index (Phi) is 11.4. The Labute approximate surface area is 147 Å². The highest BCUT2D eigenvalue weighted by Gasteiger charge is 2.07. The van der Waals surface area contributed by atoms with Gasteiger partial charge in [-0.25, -0.2) is 0 Å². The first-order valence-corrected chi connectivity index (χ1v) is 7.43. The summed E-state index contributed by atoms with van der Waals surface area (Å²) in [4.78, 5) is 23.3. The highest BCUT2D eigenvalue weighted by molar-refractivity contribution is 6.31. The number of ether oxygens (including phenoxy) is 1. The Bertz CT molecular complexity index is 513. The van der Waals surface area contributed by atoms with Crippen molar-refractivity contribution >= 4 is 41.5 Å². The molecule has 23 heavy (non-hydrogen) atoms. The number of amides is 2. The number of halogens is 2. The van der Waals surface area contributed by atoms with Crippen molar-refractivity contribution in [1.82, 2.24) is 10.6 Å². The van der Waals surface area contributed by atoms with E-state index in [0.717, 1.165) is 5.56 Å². The zero-order valence-corrected chi connectivity index (χ0v) is 14.9. The summed E-state index contributed by atoms with van der Waals surface area (Å²) in [5, 5.41) is 8.98. The first-order chi connectivity index (χ1) is 10.5. The molecule has 0 heterocycles. The van der Waals surface area contributed by atoms with Crippen LogP contribution < -0.4 is 16.0 Å². The summed E-state index contributed by atoms with van der Waals surface area (Å²) in [6.07, 6.45) is 0.204. The lowest BCUT2D eigenvalue weighted by Crippen LogP contribution is -2.36. The zero-order chi connectivity index (χ0) is 16.4. The molecular formula is C15H23Cl2N3O3. The number of nitrogens with one attached hydrogen (secondary N) is 3. The smallest absolute Gasteiger partial charge is 0.233 e. The molecule has 3 N–H and O–H groups in total. The highest BCUT2D eigenvalue weighted by atomic mass is 35.5. The van der Waals surface area contributed by atoms with Gasteiger partial charge in [0.25, 0.3) is 0 Å². The second kappa shape index (κ2) is 12.1. The third-order valence-electron chi connectivity index (χ3n) is 2.98. The van der Waals surface area contributed by atoms with Gasteiger partial charge >= 0.3 is 0 Å². The monoisotopic (exact) mass is 363 g/mol. The quantitative estimate of drug-likeness (QED) is 0.584. The molecule has 6 nitrogen and oxygen atoms in total. The van der Waals surface area contributed by atoms with Crippen LogP contribution in [0.3, 0.4) is 0 Å². The molecule has 0 aromatic heterocycles. The molecule has 0 unspecified atom stereocenters. The molecule has 1 aromatic carbocycles. The lowest BCUT2D eigenvalue weighted by molar-refractivity contribution is -0.120. The molecule has 0 aliphatic heterocycles. The third kappa shape index (κ3) is 8.76. The van der Waals surface area contributed by atoms with E-state index < -0.39 is 0 Å². The molecule has 0 bridgehead atoms. The fourth-order valence-electron chi connectivity index (χ4n) is 1.71.